The lowest BCUT2D eigenvalue weighted by atomic mass is 10.0. The van der Waals surface area contributed by atoms with Gasteiger partial charge in [0.15, 0.2) is 0 Å². The fourth-order valence-corrected chi connectivity index (χ4v) is 3.78. The van der Waals surface area contributed by atoms with Crippen molar-refractivity contribution in [1.29, 1.82) is 0 Å². The number of rotatable bonds is 9. The highest BCUT2D eigenvalue weighted by molar-refractivity contribution is 6.12. The highest BCUT2D eigenvalue weighted by Gasteiger charge is 2.28. The Balaban J connectivity index is 1.94. The van der Waals surface area contributed by atoms with Crippen LogP contribution >= 0.6 is 0 Å². The van der Waals surface area contributed by atoms with Crippen LogP contribution < -0.4 is 15.0 Å². The van der Waals surface area contributed by atoms with E-state index in [-0.39, 0.29) is 11.7 Å². The molecule has 0 aliphatic carbocycles. The second kappa shape index (κ2) is 12.1. The molecule has 2 aromatic heterocycles. The maximum Gasteiger partial charge on any atom is 0.286 e. The monoisotopic (exact) mass is 513 g/mol. The highest BCUT2D eigenvalue weighted by Crippen LogP contribution is 2.34. The summed E-state index contributed by atoms with van der Waals surface area (Å²) in [6.07, 6.45) is 5.41. The number of allylic oxidation sites excluding steroid dienone is 1. The third-order valence-electron chi connectivity index (χ3n) is 5.65. The van der Waals surface area contributed by atoms with Crippen LogP contribution in [0.2, 0.25) is 0 Å². The topological polar surface area (TPSA) is 88.9 Å². The number of aryl methyl sites for hydroxylation is 1. The number of hydrogen-bond donors (Lipinski definition) is 1. The van der Waals surface area contributed by atoms with Crippen molar-refractivity contribution in [2.45, 2.75) is 39.7 Å². The minimum Gasteiger partial charge on any atom is -0.473 e. The Labute approximate surface area is 216 Å². The molecule has 0 radical (unpaired) electrons. The van der Waals surface area contributed by atoms with E-state index in [1.165, 1.54) is 19.3 Å². The number of anilines is 2. The largest absolute Gasteiger partial charge is 0.473 e. The average Bonchev–Trinajstić information content (AvgIpc) is 2.85. The van der Waals surface area contributed by atoms with E-state index in [4.69, 9.17) is 9.47 Å². The first-order valence-corrected chi connectivity index (χ1v) is 12.0. The summed E-state index contributed by atoms with van der Waals surface area (Å²) in [4.78, 5) is 27.6. The van der Waals surface area contributed by atoms with Crippen molar-refractivity contribution >= 4 is 23.0 Å². The Morgan fingerprint density at radius 3 is 2.57 bits per heavy atom. The molecular formula is C27H33F2N5O3. The van der Waals surface area contributed by atoms with Gasteiger partial charge in [0.05, 0.1) is 31.2 Å². The van der Waals surface area contributed by atoms with Crippen LogP contribution in [-0.2, 0) is 9.53 Å². The van der Waals surface area contributed by atoms with Crippen molar-refractivity contribution in [1.82, 2.24) is 9.97 Å². The van der Waals surface area contributed by atoms with Gasteiger partial charge in [-0.25, -0.2) is 4.98 Å². The summed E-state index contributed by atoms with van der Waals surface area (Å²) in [5, 5.41) is 2.71. The predicted molar refractivity (Wildman–Crippen MR) is 142 cm³/mol. The van der Waals surface area contributed by atoms with E-state index in [0.29, 0.717) is 37.9 Å². The van der Waals surface area contributed by atoms with Gasteiger partial charge in [0.1, 0.15) is 11.4 Å². The average molecular weight is 514 g/mol. The van der Waals surface area contributed by atoms with Crippen molar-refractivity contribution in [3.63, 3.8) is 0 Å². The second-order valence-corrected chi connectivity index (χ2v) is 8.93. The number of aliphatic imine (C=N–C) groups is 1. The van der Waals surface area contributed by atoms with Crippen LogP contribution in [0.15, 0.2) is 53.8 Å². The Bertz CT molecular complexity index is 1200. The molecule has 10 heteroatoms. The SMILES string of the molecule is C=CC(=CC(=NC)C(C)(F)F)C(=O)Nc1cnc(C)c(-c2cnc(OC(C)C)c(N3CCOCC3)c2)c1. The van der Waals surface area contributed by atoms with Crippen LogP contribution in [0, 0.1) is 6.92 Å². The van der Waals surface area contributed by atoms with Crippen LogP contribution in [-0.4, -0.2) is 67.0 Å². The molecule has 0 aromatic carbocycles. The van der Waals surface area contributed by atoms with Gasteiger partial charge in [-0.15, -0.1) is 0 Å². The quantitative estimate of drug-likeness (QED) is 0.293. The molecule has 37 heavy (non-hydrogen) atoms. The number of morpholine rings is 1. The zero-order valence-corrected chi connectivity index (χ0v) is 21.8. The van der Waals surface area contributed by atoms with E-state index in [2.05, 4.69) is 31.8 Å². The van der Waals surface area contributed by atoms with Gasteiger partial charge in [-0.2, -0.15) is 8.78 Å². The van der Waals surface area contributed by atoms with Gasteiger partial charge >= 0.3 is 0 Å². The van der Waals surface area contributed by atoms with Crippen molar-refractivity contribution in [3.8, 4) is 17.0 Å². The van der Waals surface area contributed by atoms with Crippen LogP contribution in [0.25, 0.3) is 11.1 Å². The lowest BCUT2D eigenvalue weighted by Crippen LogP contribution is -2.36. The summed E-state index contributed by atoms with van der Waals surface area (Å²) < 4.78 is 38.9. The van der Waals surface area contributed by atoms with Gasteiger partial charge in [0.25, 0.3) is 11.8 Å². The Morgan fingerprint density at radius 1 is 1.27 bits per heavy atom. The molecule has 0 unspecified atom stereocenters. The lowest BCUT2D eigenvalue weighted by molar-refractivity contribution is -0.112. The molecule has 1 fully saturated rings. The van der Waals surface area contributed by atoms with Crippen LogP contribution in [0.4, 0.5) is 20.2 Å². The molecule has 0 saturated carbocycles. The fraction of sp³-hybridized carbons (Fsp3) is 0.407. The summed E-state index contributed by atoms with van der Waals surface area (Å²) in [6.45, 7) is 12.7. The first kappa shape index (κ1) is 27.9. The van der Waals surface area contributed by atoms with Gasteiger partial charge in [-0.05, 0) is 39.0 Å². The zero-order chi connectivity index (χ0) is 27.2. The first-order chi connectivity index (χ1) is 17.5. The molecular weight excluding hydrogens is 480 g/mol. The molecule has 3 heterocycles. The maximum absolute atomic E-state index is 13.7. The number of aromatic nitrogens is 2. The third-order valence-corrected chi connectivity index (χ3v) is 5.65. The smallest absolute Gasteiger partial charge is 0.286 e. The number of ether oxygens (including phenoxy) is 2. The molecule has 0 bridgehead atoms. The number of carbonyl (C=O) groups excluding carboxylic acids is 1. The summed E-state index contributed by atoms with van der Waals surface area (Å²) >= 11 is 0. The van der Waals surface area contributed by atoms with Gasteiger partial charge in [-0.1, -0.05) is 12.7 Å². The summed E-state index contributed by atoms with van der Waals surface area (Å²) in [7, 11) is 1.24. The van der Waals surface area contributed by atoms with E-state index < -0.39 is 17.5 Å². The van der Waals surface area contributed by atoms with Gasteiger partial charge in [0, 0.05) is 55.7 Å². The molecule has 8 nitrogen and oxygen atoms in total. The number of hydrogen-bond acceptors (Lipinski definition) is 7. The highest BCUT2D eigenvalue weighted by atomic mass is 19.3. The number of nitrogens with one attached hydrogen (secondary N) is 1. The summed E-state index contributed by atoms with van der Waals surface area (Å²) in [5.41, 5.74) is 2.97. The maximum atomic E-state index is 13.7. The number of halogens is 2. The first-order valence-electron chi connectivity index (χ1n) is 12.0. The molecule has 198 valence electrons. The molecule has 3 rings (SSSR count). The summed E-state index contributed by atoms with van der Waals surface area (Å²) in [6, 6.07) is 3.77. The molecule has 1 aliphatic rings. The molecule has 1 amide bonds. The van der Waals surface area contributed by atoms with E-state index in [1.807, 2.05) is 26.8 Å². The van der Waals surface area contributed by atoms with Crippen molar-refractivity contribution in [2.75, 3.05) is 43.6 Å². The molecule has 1 N–H and O–H groups in total. The van der Waals surface area contributed by atoms with E-state index >= 15 is 0 Å². The minimum absolute atomic E-state index is 0.0434. The van der Waals surface area contributed by atoms with Crippen molar-refractivity contribution in [3.05, 3.63) is 54.5 Å². The number of amides is 1. The normalized spacial score (nSPS) is 15.1. The standard InChI is InChI=1S/C27H33F2N5O3/c1-7-19(13-24(30-6)27(5,28)29)25(35)33-21-14-22(18(4)31-16-21)20-12-23(34-8-10-36-11-9-34)26(32-15-20)37-17(2)3/h7,12-17H,1,8-11H2,2-6H3,(H,33,35). The minimum atomic E-state index is -3.20. The third kappa shape index (κ3) is 7.19. The number of nitrogens with zero attached hydrogens (tertiary/aromatic N) is 4. The van der Waals surface area contributed by atoms with Crippen molar-refractivity contribution in [2.24, 2.45) is 4.99 Å². The molecule has 1 aliphatic heterocycles. The molecule has 0 atom stereocenters. The zero-order valence-electron chi connectivity index (χ0n) is 21.8. The summed E-state index contributed by atoms with van der Waals surface area (Å²) in [5.74, 6) is -3.26. The van der Waals surface area contributed by atoms with Crippen LogP contribution in [0.1, 0.15) is 26.5 Å². The van der Waals surface area contributed by atoms with Gasteiger partial charge in [-0.3, -0.25) is 14.8 Å². The van der Waals surface area contributed by atoms with Crippen LogP contribution in [0.3, 0.4) is 0 Å². The Kier molecular flexibility index (Phi) is 9.09. The van der Waals surface area contributed by atoms with E-state index in [0.717, 1.165) is 35.5 Å². The van der Waals surface area contributed by atoms with Gasteiger partial charge < -0.3 is 19.7 Å². The van der Waals surface area contributed by atoms with Gasteiger partial charge in [0.2, 0.25) is 5.88 Å². The molecule has 2 aromatic rings. The number of pyridine rings is 2. The fourth-order valence-electron chi connectivity index (χ4n) is 3.78. The van der Waals surface area contributed by atoms with E-state index in [1.54, 1.807) is 12.3 Å². The molecule has 1 saturated heterocycles. The second-order valence-electron chi connectivity index (χ2n) is 8.93. The number of carbonyl (C=O) groups is 1. The van der Waals surface area contributed by atoms with Crippen LogP contribution in [0.5, 0.6) is 5.88 Å². The predicted octanol–water partition coefficient (Wildman–Crippen LogP) is 4.85. The lowest BCUT2D eigenvalue weighted by Gasteiger charge is -2.30. The molecule has 0 spiro atoms. The Hall–Kier alpha value is -3.66. The number of alkyl halides is 2. The van der Waals surface area contributed by atoms with E-state index in [9.17, 15) is 13.6 Å². The Morgan fingerprint density at radius 2 is 1.97 bits per heavy atom. The van der Waals surface area contributed by atoms with Crippen molar-refractivity contribution < 1.29 is 23.0 Å².